The molecule has 0 aliphatic heterocycles. The van der Waals surface area contributed by atoms with E-state index in [4.69, 9.17) is 4.74 Å². The maximum atomic E-state index is 11.4. The van der Waals surface area contributed by atoms with E-state index >= 15 is 0 Å². The molecule has 140 valence electrons. The minimum atomic E-state index is -1.23. The molecule has 2 amide bonds. The van der Waals surface area contributed by atoms with E-state index in [0.717, 1.165) is 5.56 Å². The van der Waals surface area contributed by atoms with E-state index in [1.165, 1.54) is 18.3 Å². The molecule has 0 bridgehead atoms. The highest BCUT2D eigenvalue weighted by atomic mass is 16.5. The molecule has 0 saturated heterocycles. The standard InChI is InChI=1S/C19H19N3O5/c1-2-20-17(23)18(24)22-21-11-14-4-3-5-16(10-14)27-12-13-6-8-15(9-7-13)19(25)26/h3-11H,2,12H2,1H3,(H,20,23)(H,22,24)(H,25,26)/p-1/b21-11-. The maximum absolute atomic E-state index is 11.4. The predicted octanol–water partition coefficient (Wildman–Crippen LogP) is 0.215. The van der Waals surface area contributed by atoms with Gasteiger partial charge in [0, 0.05) is 6.54 Å². The molecule has 8 nitrogen and oxygen atoms in total. The minimum absolute atomic E-state index is 0.103. The lowest BCUT2D eigenvalue weighted by molar-refractivity contribution is -0.255. The lowest BCUT2D eigenvalue weighted by Crippen LogP contribution is -2.37. The van der Waals surface area contributed by atoms with Crippen LogP contribution in [0.15, 0.2) is 53.6 Å². The third kappa shape index (κ3) is 6.28. The van der Waals surface area contributed by atoms with Crippen molar-refractivity contribution in [1.82, 2.24) is 10.7 Å². The van der Waals surface area contributed by atoms with Gasteiger partial charge >= 0.3 is 11.8 Å². The molecule has 0 atom stereocenters. The van der Waals surface area contributed by atoms with Gasteiger partial charge in [-0.3, -0.25) is 9.59 Å². The summed E-state index contributed by atoms with van der Waals surface area (Å²) in [4.78, 5) is 33.4. The van der Waals surface area contributed by atoms with E-state index in [-0.39, 0.29) is 12.2 Å². The van der Waals surface area contributed by atoms with Crippen LogP contribution in [0.5, 0.6) is 5.75 Å². The number of carboxylic acid groups (broad SMARTS) is 1. The molecule has 2 aromatic rings. The Morgan fingerprint density at radius 3 is 2.52 bits per heavy atom. The van der Waals surface area contributed by atoms with Gasteiger partial charge in [0.25, 0.3) is 0 Å². The monoisotopic (exact) mass is 368 g/mol. The van der Waals surface area contributed by atoms with Gasteiger partial charge in [-0.15, -0.1) is 0 Å². The first kappa shape index (κ1) is 19.6. The molecule has 2 N–H and O–H groups in total. The summed E-state index contributed by atoms with van der Waals surface area (Å²) in [6, 6.07) is 13.2. The van der Waals surface area contributed by atoms with Gasteiger partial charge in [0.05, 0.1) is 12.2 Å². The molecule has 0 saturated carbocycles. The smallest absolute Gasteiger partial charge is 0.329 e. The third-order valence-corrected chi connectivity index (χ3v) is 3.38. The van der Waals surface area contributed by atoms with Crippen LogP contribution in [-0.4, -0.2) is 30.5 Å². The molecule has 0 aromatic heterocycles. The van der Waals surface area contributed by atoms with E-state index in [9.17, 15) is 19.5 Å². The highest BCUT2D eigenvalue weighted by Gasteiger charge is 2.10. The number of rotatable bonds is 7. The van der Waals surface area contributed by atoms with Crippen LogP contribution in [0.4, 0.5) is 0 Å². The Morgan fingerprint density at radius 2 is 1.85 bits per heavy atom. The molecule has 2 aromatic carbocycles. The van der Waals surface area contributed by atoms with Crippen molar-refractivity contribution in [3.8, 4) is 5.75 Å². The predicted molar refractivity (Wildman–Crippen MR) is 96.0 cm³/mol. The van der Waals surface area contributed by atoms with Crippen LogP contribution in [0.3, 0.4) is 0 Å². The summed E-state index contributed by atoms with van der Waals surface area (Å²) in [5, 5.41) is 16.8. The highest BCUT2D eigenvalue weighted by molar-refractivity contribution is 6.35. The Hall–Kier alpha value is -3.68. The number of likely N-dealkylation sites (N-methyl/N-ethyl adjacent to an activating group) is 1. The van der Waals surface area contributed by atoms with Crippen molar-refractivity contribution < 1.29 is 24.2 Å². The van der Waals surface area contributed by atoms with Crippen molar-refractivity contribution in [2.24, 2.45) is 5.10 Å². The molecule has 0 unspecified atom stereocenters. The number of hydrogen-bond acceptors (Lipinski definition) is 6. The van der Waals surface area contributed by atoms with E-state index in [2.05, 4.69) is 15.8 Å². The fourth-order valence-electron chi connectivity index (χ4n) is 2.05. The molecular formula is C19H18N3O5-. The van der Waals surface area contributed by atoms with Gasteiger partial charge in [-0.25, -0.2) is 5.43 Å². The average molecular weight is 368 g/mol. The van der Waals surface area contributed by atoms with Gasteiger partial charge in [0.2, 0.25) is 0 Å². The number of hydrazone groups is 1. The minimum Gasteiger partial charge on any atom is -0.545 e. The molecular weight excluding hydrogens is 350 g/mol. The zero-order valence-electron chi connectivity index (χ0n) is 14.6. The lowest BCUT2D eigenvalue weighted by atomic mass is 10.1. The second kappa shape index (κ2) is 9.71. The van der Waals surface area contributed by atoms with Gasteiger partial charge in [-0.2, -0.15) is 5.10 Å². The topological polar surface area (TPSA) is 120 Å². The summed E-state index contributed by atoms with van der Waals surface area (Å²) in [6.45, 7) is 2.31. The average Bonchev–Trinajstić information content (AvgIpc) is 2.67. The second-order valence-electron chi connectivity index (χ2n) is 5.40. The zero-order chi connectivity index (χ0) is 19.6. The van der Waals surface area contributed by atoms with E-state index in [1.54, 1.807) is 43.3 Å². The summed E-state index contributed by atoms with van der Waals surface area (Å²) in [5.74, 6) is -2.26. The highest BCUT2D eigenvalue weighted by Crippen LogP contribution is 2.14. The van der Waals surface area contributed by atoms with E-state index in [1.807, 2.05) is 0 Å². The van der Waals surface area contributed by atoms with Crippen LogP contribution in [0.1, 0.15) is 28.4 Å². The molecule has 0 aliphatic carbocycles. The SMILES string of the molecule is CCNC(=O)C(=O)N/N=C\c1cccc(OCc2ccc(C(=O)[O-])cc2)c1. The number of carbonyl (C=O) groups is 3. The van der Waals surface area contributed by atoms with Crippen molar-refractivity contribution >= 4 is 24.0 Å². The van der Waals surface area contributed by atoms with Crippen molar-refractivity contribution in [2.45, 2.75) is 13.5 Å². The molecule has 27 heavy (non-hydrogen) atoms. The quantitative estimate of drug-likeness (QED) is 0.411. The normalized spacial score (nSPS) is 10.4. The van der Waals surface area contributed by atoms with Crippen molar-refractivity contribution in [1.29, 1.82) is 0 Å². The Balaban J connectivity index is 1.91. The lowest BCUT2D eigenvalue weighted by Gasteiger charge is -2.08. The van der Waals surface area contributed by atoms with Gasteiger partial charge in [0.15, 0.2) is 0 Å². The molecule has 0 fully saturated rings. The molecule has 0 aliphatic rings. The maximum Gasteiger partial charge on any atom is 0.329 e. The van der Waals surface area contributed by atoms with Crippen LogP contribution in [0.2, 0.25) is 0 Å². The molecule has 2 rings (SSSR count). The number of amides is 2. The summed E-state index contributed by atoms with van der Waals surface area (Å²) in [6.07, 6.45) is 1.39. The second-order valence-corrected chi connectivity index (χ2v) is 5.40. The molecule has 0 heterocycles. The summed E-state index contributed by atoms with van der Waals surface area (Å²) < 4.78 is 5.65. The fourth-order valence-corrected chi connectivity index (χ4v) is 2.05. The molecule has 0 radical (unpaired) electrons. The number of aromatic carboxylic acids is 1. The van der Waals surface area contributed by atoms with Crippen LogP contribution < -0.4 is 20.6 Å². The van der Waals surface area contributed by atoms with Crippen molar-refractivity contribution in [3.05, 3.63) is 65.2 Å². The van der Waals surface area contributed by atoms with Gasteiger partial charge in [-0.1, -0.05) is 36.4 Å². The van der Waals surface area contributed by atoms with Crippen LogP contribution in [0.25, 0.3) is 0 Å². The summed E-state index contributed by atoms with van der Waals surface area (Å²) >= 11 is 0. The first-order valence-electron chi connectivity index (χ1n) is 8.14. The fraction of sp³-hybridized carbons (Fsp3) is 0.158. The van der Waals surface area contributed by atoms with Gasteiger partial charge < -0.3 is 20.0 Å². The number of ether oxygens (including phenoxy) is 1. The summed E-state index contributed by atoms with van der Waals surface area (Å²) in [5.41, 5.74) is 3.70. The van der Waals surface area contributed by atoms with Crippen LogP contribution in [0, 0.1) is 0 Å². The van der Waals surface area contributed by atoms with E-state index < -0.39 is 17.8 Å². The Morgan fingerprint density at radius 1 is 1.11 bits per heavy atom. The van der Waals surface area contributed by atoms with Crippen molar-refractivity contribution in [3.63, 3.8) is 0 Å². The number of nitrogens with zero attached hydrogens (tertiary/aromatic N) is 1. The number of carboxylic acids is 1. The van der Waals surface area contributed by atoms with E-state index in [0.29, 0.717) is 17.9 Å². The third-order valence-electron chi connectivity index (χ3n) is 3.38. The number of hydrogen-bond donors (Lipinski definition) is 2. The largest absolute Gasteiger partial charge is 0.545 e. The van der Waals surface area contributed by atoms with Gasteiger partial charge in [0.1, 0.15) is 12.4 Å². The first-order valence-corrected chi connectivity index (χ1v) is 8.14. The number of benzene rings is 2. The molecule has 8 heteroatoms. The summed E-state index contributed by atoms with van der Waals surface area (Å²) in [7, 11) is 0. The Labute approximate surface area is 155 Å². The van der Waals surface area contributed by atoms with Crippen molar-refractivity contribution in [2.75, 3.05) is 6.54 Å². The first-order chi connectivity index (χ1) is 13.0. The Kier molecular flexibility index (Phi) is 7.07. The zero-order valence-corrected chi connectivity index (χ0v) is 14.6. The molecule has 0 spiro atoms. The Bertz CT molecular complexity index is 847. The number of nitrogens with one attached hydrogen (secondary N) is 2. The van der Waals surface area contributed by atoms with Crippen LogP contribution in [-0.2, 0) is 16.2 Å². The van der Waals surface area contributed by atoms with Crippen LogP contribution >= 0.6 is 0 Å². The van der Waals surface area contributed by atoms with Gasteiger partial charge in [-0.05, 0) is 35.7 Å². The number of carbonyl (C=O) groups excluding carboxylic acids is 3.